The molecule has 0 spiro atoms. The first kappa shape index (κ1) is 39.5. The highest BCUT2D eigenvalue weighted by atomic mass is 35.5. The van der Waals surface area contributed by atoms with Gasteiger partial charge in [-0.3, -0.25) is 14.9 Å². The number of anilines is 1. The second-order valence-corrected chi connectivity index (χ2v) is 14.2. The van der Waals surface area contributed by atoms with Crippen molar-refractivity contribution in [2.24, 2.45) is 5.92 Å². The highest BCUT2D eigenvalue weighted by molar-refractivity contribution is 7.80. The van der Waals surface area contributed by atoms with Gasteiger partial charge in [-0.25, -0.2) is 9.59 Å². The van der Waals surface area contributed by atoms with Gasteiger partial charge < -0.3 is 38.6 Å². The van der Waals surface area contributed by atoms with Crippen LogP contribution in [0.3, 0.4) is 0 Å². The van der Waals surface area contributed by atoms with Gasteiger partial charge in [-0.05, 0) is 50.6 Å². The minimum Gasteiger partial charge on any atom is -0.495 e. The second kappa shape index (κ2) is 15.9. The van der Waals surface area contributed by atoms with Crippen LogP contribution in [0, 0.1) is 5.92 Å². The highest BCUT2D eigenvalue weighted by Crippen LogP contribution is 2.49. The topological polar surface area (TPSA) is 156 Å². The molecular weight excluding hydrogens is 690 g/mol. The van der Waals surface area contributed by atoms with Crippen LogP contribution in [0.4, 0.5) is 10.5 Å². The monoisotopic (exact) mass is 737 g/mol. The maximum atomic E-state index is 14.0. The molecule has 1 aromatic rings. The second-order valence-electron chi connectivity index (χ2n) is 13.4. The molecule has 15 heteroatoms. The molecule has 0 saturated carbocycles. The lowest BCUT2D eigenvalue weighted by molar-refractivity contribution is -0.161. The predicted octanol–water partition coefficient (Wildman–Crippen LogP) is 3.83. The van der Waals surface area contributed by atoms with E-state index in [1.54, 1.807) is 45.2 Å². The van der Waals surface area contributed by atoms with Gasteiger partial charge in [0.05, 0.1) is 25.3 Å². The van der Waals surface area contributed by atoms with Gasteiger partial charge in [-0.2, -0.15) is 12.6 Å². The van der Waals surface area contributed by atoms with Crippen molar-refractivity contribution in [3.63, 3.8) is 0 Å². The maximum Gasteiger partial charge on any atom is 0.409 e. The summed E-state index contributed by atoms with van der Waals surface area (Å²) in [4.78, 5) is 55.6. The molecule has 2 N–H and O–H groups in total. The normalized spacial score (nSPS) is 32.3. The van der Waals surface area contributed by atoms with Crippen molar-refractivity contribution in [2.45, 2.75) is 95.2 Å². The fourth-order valence-corrected chi connectivity index (χ4v) is 6.99. The van der Waals surface area contributed by atoms with Crippen molar-refractivity contribution in [1.29, 1.82) is 0 Å². The summed E-state index contributed by atoms with van der Waals surface area (Å²) >= 11 is 10.8. The van der Waals surface area contributed by atoms with Crippen LogP contribution in [-0.2, 0) is 39.8 Å². The number of carbonyl (C=O) groups is 4. The van der Waals surface area contributed by atoms with Crippen molar-refractivity contribution in [3.05, 3.63) is 46.5 Å². The lowest BCUT2D eigenvalue weighted by atomic mass is 9.83. The number of allylic oxidation sites excluding steroid dienone is 3. The molecule has 2 fully saturated rings. The Kier molecular flexibility index (Phi) is 12.6. The van der Waals surface area contributed by atoms with Crippen molar-refractivity contribution in [1.82, 2.24) is 10.2 Å². The van der Waals surface area contributed by atoms with Crippen LogP contribution < -0.4 is 15.0 Å². The minimum absolute atomic E-state index is 0.0489. The van der Waals surface area contributed by atoms with E-state index in [4.69, 9.17) is 35.3 Å². The number of halogens is 1. The molecule has 0 radical (unpaired) electrons. The van der Waals surface area contributed by atoms with Gasteiger partial charge in [0.15, 0.2) is 5.72 Å². The molecule has 8 atom stereocenters. The third-order valence-electron chi connectivity index (χ3n) is 9.85. The number of nitrogens with one attached hydrogen (secondary N) is 1. The van der Waals surface area contributed by atoms with E-state index in [1.165, 1.54) is 38.0 Å². The van der Waals surface area contributed by atoms with E-state index in [0.29, 0.717) is 23.6 Å². The Bertz CT molecular complexity index is 1540. The Labute approximate surface area is 303 Å². The summed E-state index contributed by atoms with van der Waals surface area (Å²) in [5, 5.41) is 14.4. The molecule has 2 unspecified atom stereocenters. The third-order valence-corrected chi connectivity index (χ3v) is 10.5. The Hall–Kier alpha value is -3.30. The number of hydrogen-bond acceptors (Lipinski definition) is 11. The number of nitrogens with zero attached hydrogens (tertiary/aromatic N) is 2. The summed E-state index contributed by atoms with van der Waals surface area (Å²) in [7, 11) is 5.98. The number of epoxide rings is 1. The standard InChI is InChI=1S/C35H48ClN3O10S/c1-19-10-9-11-26(46-8)35(44)18-25(47-33(43)37-35)20(2)31-34(4,49-31)27(48-32(42)21(3)38(5)28(40)12-13-50)17-29(41)39(6)23-15-22(14-19)16-24(45-7)30(23)36/h9-11,15-16,20-21,25-27,31,44,50H,12-14,17-18H2,1-8H3,(H,37,43)/b11-9+,19-10+/t20-,21-,25?,26-,27+,31+,34+,35?/m1/s1. The number of aliphatic hydroxyl groups is 1. The number of likely N-dealkylation sites (N-methyl/N-ethyl adjacent to an activating group) is 1. The van der Waals surface area contributed by atoms with E-state index in [-0.39, 0.29) is 30.2 Å². The zero-order valence-corrected chi connectivity index (χ0v) is 31.4. The minimum atomic E-state index is -1.82. The fourth-order valence-electron chi connectivity index (χ4n) is 6.49. The Morgan fingerprint density at radius 3 is 2.62 bits per heavy atom. The smallest absolute Gasteiger partial charge is 0.409 e. The highest BCUT2D eigenvalue weighted by Gasteiger charge is 2.64. The first-order chi connectivity index (χ1) is 23.5. The molecule has 3 amide bonds. The van der Waals surface area contributed by atoms with Gasteiger partial charge >= 0.3 is 12.1 Å². The molecule has 3 aliphatic rings. The number of methoxy groups -OCH3 is 2. The predicted molar refractivity (Wildman–Crippen MR) is 189 cm³/mol. The van der Waals surface area contributed by atoms with Crippen molar-refractivity contribution >= 4 is 53.8 Å². The first-order valence-electron chi connectivity index (χ1n) is 16.4. The number of benzene rings is 1. The summed E-state index contributed by atoms with van der Waals surface area (Å²) < 4.78 is 29.0. The summed E-state index contributed by atoms with van der Waals surface area (Å²) in [6, 6.07) is 2.60. The van der Waals surface area contributed by atoms with Crippen LogP contribution in [-0.4, -0.2) is 110 Å². The number of rotatable bonds is 7. The average Bonchev–Trinajstić information content (AvgIpc) is 3.76. The zero-order valence-electron chi connectivity index (χ0n) is 29.7. The summed E-state index contributed by atoms with van der Waals surface area (Å²) in [6.07, 6.45) is 1.08. The summed E-state index contributed by atoms with van der Waals surface area (Å²) in [5.41, 5.74) is -0.903. The van der Waals surface area contributed by atoms with Crippen LogP contribution in [0.5, 0.6) is 5.75 Å². The molecule has 13 nitrogen and oxygen atoms in total. The zero-order chi connectivity index (χ0) is 37.1. The fraction of sp³-hybridized carbons (Fsp3) is 0.600. The molecule has 276 valence electrons. The van der Waals surface area contributed by atoms with E-state index in [9.17, 15) is 24.3 Å². The molecule has 1 aromatic carbocycles. The number of carbonyl (C=O) groups excluding carboxylic acids is 4. The first-order valence-corrected chi connectivity index (χ1v) is 17.5. The van der Waals surface area contributed by atoms with Gasteiger partial charge in [-0.1, -0.05) is 42.3 Å². The third kappa shape index (κ3) is 8.42. The SMILES string of the molecule is COc1cc2cc(c1Cl)N(C)C(=O)C[C@H](OC(=O)[C@@H](C)N(C)C(=O)CCS)[C@]1(C)O[C@H]1[C@H](C)C1CC(O)(NC(=O)O1)[C@H](OC)/C=C/C=C(\C)C2. The van der Waals surface area contributed by atoms with Gasteiger partial charge in [0.1, 0.15) is 40.7 Å². The quantitative estimate of drug-likeness (QED) is 0.214. The largest absolute Gasteiger partial charge is 0.495 e. The molecule has 0 aliphatic carbocycles. The number of esters is 1. The van der Waals surface area contributed by atoms with Gasteiger partial charge in [0.2, 0.25) is 11.8 Å². The van der Waals surface area contributed by atoms with Crippen LogP contribution in [0.15, 0.2) is 35.9 Å². The molecule has 0 aromatic heterocycles. The van der Waals surface area contributed by atoms with Crippen LogP contribution in [0.25, 0.3) is 0 Å². The van der Waals surface area contributed by atoms with Crippen molar-refractivity contribution in [2.75, 3.05) is 39.0 Å². The van der Waals surface area contributed by atoms with E-state index in [2.05, 4.69) is 17.9 Å². The van der Waals surface area contributed by atoms with Crippen LogP contribution >= 0.6 is 24.2 Å². The van der Waals surface area contributed by atoms with E-state index in [0.717, 1.165) is 11.1 Å². The molecule has 4 bridgehead atoms. The number of alkyl carbamates (subject to hydrolysis) is 1. The van der Waals surface area contributed by atoms with E-state index in [1.807, 2.05) is 13.0 Å². The van der Waals surface area contributed by atoms with Crippen LogP contribution in [0.1, 0.15) is 52.5 Å². The van der Waals surface area contributed by atoms with Gasteiger partial charge in [0.25, 0.3) is 0 Å². The lowest BCUT2D eigenvalue weighted by Crippen LogP contribution is -2.63. The average molecular weight is 738 g/mol. The summed E-state index contributed by atoms with van der Waals surface area (Å²) in [6.45, 7) is 6.96. The Balaban J connectivity index is 1.78. The lowest BCUT2D eigenvalue weighted by Gasteiger charge is -2.42. The Morgan fingerprint density at radius 2 is 1.98 bits per heavy atom. The molecule has 2 saturated heterocycles. The Morgan fingerprint density at radius 1 is 1.28 bits per heavy atom. The molecular formula is C35H48ClN3O10S. The van der Waals surface area contributed by atoms with E-state index < -0.39 is 65.7 Å². The van der Waals surface area contributed by atoms with Gasteiger partial charge in [-0.15, -0.1) is 0 Å². The van der Waals surface area contributed by atoms with E-state index >= 15 is 0 Å². The molecule has 3 heterocycles. The molecule has 3 aliphatic heterocycles. The van der Waals surface area contributed by atoms with Crippen molar-refractivity contribution in [3.8, 4) is 5.75 Å². The van der Waals surface area contributed by atoms with Gasteiger partial charge in [0, 0.05) is 40.0 Å². The number of fused-ring (bicyclic) bond motifs is 5. The number of hydrogen-bond donors (Lipinski definition) is 3. The number of amides is 3. The number of thiol groups is 1. The molecule has 4 rings (SSSR count). The number of ether oxygens (including phenoxy) is 5. The molecule has 50 heavy (non-hydrogen) atoms. The van der Waals surface area contributed by atoms with Crippen molar-refractivity contribution < 1.29 is 48.0 Å². The maximum absolute atomic E-state index is 14.0. The van der Waals surface area contributed by atoms with Crippen LogP contribution in [0.2, 0.25) is 5.02 Å². The summed E-state index contributed by atoms with van der Waals surface area (Å²) in [5.74, 6) is -1.30.